The predicted molar refractivity (Wildman–Crippen MR) is 146 cm³/mol. The molecule has 9 nitrogen and oxygen atoms in total. The SMILES string of the molecule is CCCOC(C)P(N=P(N=[P+](OCCC)OCCC)(OCCC)OCCC)(=NCC)OCCC. The van der Waals surface area contributed by atoms with Crippen LogP contribution in [0.3, 0.4) is 0 Å². The molecule has 0 aromatic rings. The van der Waals surface area contributed by atoms with Gasteiger partial charge in [-0.1, -0.05) is 41.5 Å². The molecule has 0 saturated heterocycles. The third-order valence-electron chi connectivity index (χ3n) is 4.03. The first-order valence-corrected chi connectivity index (χ1v) is 17.3. The van der Waals surface area contributed by atoms with Crippen LogP contribution in [0.2, 0.25) is 0 Å². The lowest BCUT2D eigenvalue weighted by atomic mass is 10.5. The first-order valence-electron chi connectivity index (χ1n) is 13.0. The zero-order valence-electron chi connectivity index (χ0n) is 22.9. The van der Waals surface area contributed by atoms with Crippen molar-refractivity contribution in [2.45, 2.75) is 99.8 Å². The van der Waals surface area contributed by atoms with Crippen LogP contribution in [0.5, 0.6) is 0 Å². The van der Waals surface area contributed by atoms with E-state index in [1.54, 1.807) is 0 Å². The predicted octanol–water partition coefficient (Wildman–Crippen LogP) is 9.38. The van der Waals surface area contributed by atoms with E-state index in [2.05, 4.69) is 41.5 Å². The molecule has 0 aliphatic carbocycles. The number of rotatable bonds is 22. The molecule has 0 aromatic carbocycles. The standard InChI is InChI=1S/C22H51N3O6P3/c1-9-16-26-22(8)33(23-15-7,29-19-12-4)25-34(30-20-13-5,31-21-14-6)24-32(27-17-10-2)28-18-11-3/h22H,9-21H2,1-8H3/q+1. The van der Waals surface area contributed by atoms with Gasteiger partial charge in [0.15, 0.2) is 0 Å². The fraction of sp³-hybridized carbons (Fsp3) is 1.00. The van der Waals surface area contributed by atoms with Crippen LogP contribution in [0.4, 0.5) is 0 Å². The Morgan fingerprint density at radius 2 is 1.12 bits per heavy atom. The lowest BCUT2D eigenvalue weighted by molar-refractivity contribution is 0.109. The Balaban J connectivity index is 7.00. The number of nitrogens with zero attached hydrogens (tertiary/aromatic N) is 3. The topological polar surface area (TPSA) is 92.5 Å². The van der Waals surface area contributed by atoms with Gasteiger partial charge in [0.2, 0.25) is 7.43 Å². The van der Waals surface area contributed by atoms with E-state index < -0.39 is 23.3 Å². The maximum atomic E-state index is 6.42. The van der Waals surface area contributed by atoms with E-state index in [1.165, 1.54) is 0 Å². The van der Waals surface area contributed by atoms with Crippen LogP contribution in [0, 0.1) is 0 Å². The van der Waals surface area contributed by atoms with E-state index in [9.17, 15) is 0 Å². The summed E-state index contributed by atoms with van der Waals surface area (Å²) < 4.78 is 52.3. The highest BCUT2D eigenvalue weighted by Crippen LogP contribution is 2.70. The quantitative estimate of drug-likeness (QED) is 0.126. The van der Waals surface area contributed by atoms with Crippen molar-refractivity contribution < 1.29 is 27.4 Å². The highest BCUT2D eigenvalue weighted by Gasteiger charge is 2.39. The van der Waals surface area contributed by atoms with Gasteiger partial charge < -0.3 is 18.3 Å². The normalized spacial score (nSPS) is 14.5. The summed E-state index contributed by atoms with van der Waals surface area (Å²) in [6, 6.07) is 0. The molecule has 0 rings (SSSR count). The number of hydrogen-bond acceptors (Lipinski definition) is 7. The molecular formula is C22H51N3O6P3+. The fourth-order valence-electron chi connectivity index (χ4n) is 2.46. The summed E-state index contributed by atoms with van der Waals surface area (Å²) in [6.07, 6.45) is 5.08. The van der Waals surface area contributed by atoms with E-state index in [0.717, 1.165) is 38.5 Å². The van der Waals surface area contributed by atoms with Gasteiger partial charge >= 0.3 is 15.8 Å². The van der Waals surface area contributed by atoms with Gasteiger partial charge in [0.05, 0.1) is 24.3 Å². The third kappa shape index (κ3) is 13.6. The lowest BCUT2D eigenvalue weighted by Gasteiger charge is -2.29. The summed E-state index contributed by atoms with van der Waals surface area (Å²) in [5.41, 5.74) is 0. The van der Waals surface area contributed by atoms with Crippen molar-refractivity contribution in [3.8, 4) is 0 Å². The minimum absolute atomic E-state index is 0.330. The average Bonchev–Trinajstić information content (AvgIpc) is 2.84. The number of ether oxygens (including phenoxy) is 1. The van der Waals surface area contributed by atoms with Crippen LogP contribution < -0.4 is 0 Å². The second-order valence-corrected chi connectivity index (χ2v) is 14.0. The summed E-state index contributed by atoms with van der Waals surface area (Å²) in [6.45, 7) is 20.0. The average molecular weight is 547 g/mol. The Kier molecular flexibility index (Phi) is 21.6. The van der Waals surface area contributed by atoms with Crippen LogP contribution in [0.25, 0.3) is 0 Å². The van der Waals surface area contributed by atoms with E-state index in [1.807, 2.05) is 13.8 Å². The van der Waals surface area contributed by atoms with Crippen LogP contribution in [0.1, 0.15) is 93.9 Å². The van der Waals surface area contributed by atoms with Crippen LogP contribution in [0.15, 0.2) is 13.8 Å². The lowest BCUT2D eigenvalue weighted by Crippen LogP contribution is -2.12. The van der Waals surface area contributed by atoms with Crippen molar-refractivity contribution in [1.29, 1.82) is 0 Å². The fourth-order valence-corrected chi connectivity index (χ4v) is 10.6. The second-order valence-electron chi connectivity index (χ2n) is 7.59. The molecule has 2 unspecified atom stereocenters. The third-order valence-corrected chi connectivity index (χ3v) is 11.6. The molecule has 0 spiro atoms. The van der Waals surface area contributed by atoms with Crippen LogP contribution in [-0.2, 0) is 27.4 Å². The molecule has 0 bridgehead atoms. The molecular weight excluding hydrogens is 495 g/mol. The highest BCUT2D eigenvalue weighted by molar-refractivity contribution is 7.71. The van der Waals surface area contributed by atoms with Crippen molar-refractivity contribution >= 4 is 23.3 Å². The Labute approximate surface area is 210 Å². The highest BCUT2D eigenvalue weighted by atomic mass is 31.2. The van der Waals surface area contributed by atoms with Gasteiger partial charge in [0.1, 0.15) is 19.1 Å². The Morgan fingerprint density at radius 3 is 1.56 bits per heavy atom. The first-order chi connectivity index (χ1) is 16.4. The van der Waals surface area contributed by atoms with Gasteiger partial charge in [-0.2, -0.15) is 4.52 Å². The van der Waals surface area contributed by atoms with E-state index >= 15 is 0 Å². The molecule has 0 saturated carbocycles. The first kappa shape index (κ1) is 34.3. The summed E-state index contributed by atoms with van der Waals surface area (Å²) in [5.74, 6) is -0.330. The van der Waals surface area contributed by atoms with Gasteiger partial charge in [0.25, 0.3) is 0 Å². The zero-order valence-corrected chi connectivity index (χ0v) is 25.6. The molecule has 0 radical (unpaired) electrons. The van der Waals surface area contributed by atoms with Crippen molar-refractivity contribution in [2.75, 3.05) is 46.2 Å². The summed E-state index contributed by atoms with van der Waals surface area (Å²) in [4.78, 5) is 0. The second kappa shape index (κ2) is 21.4. The monoisotopic (exact) mass is 546 g/mol. The summed E-state index contributed by atoms with van der Waals surface area (Å²) >= 11 is 0. The van der Waals surface area contributed by atoms with Gasteiger partial charge in [-0.3, -0.25) is 4.74 Å². The summed E-state index contributed by atoms with van der Waals surface area (Å²) in [5, 5.41) is 0. The van der Waals surface area contributed by atoms with Crippen LogP contribution >= 0.6 is 23.3 Å². The molecule has 2 atom stereocenters. The Morgan fingerprint density at radius 1 is 0.647 bits per heavy atom. The molecule has 0 aliphatic heterocycles. The zero-order chi connectivity index (χ0) is 25.7. The minimum Gasteiger partial charge on any atom is -0.368 e. The Bertz CT molecular complexity index is 627. The van der Waals surface area contributed by atoms with E-state index in [4.69, 9.17) is 41.1 Å². The van der Waals surface area contributed by atoms with E-state index in [0.29, 0.717) is 46.2 Å². The molecule has 0 amide bonds. The molecule has 34 heavy (non-hydrogen) atoms. The van der Waals surface area contributed by atoms with Gasteiger partial charge in [0, 0.05) is 13.2 Å². The van der Waals surface area contributed by atoms with Crippen molar-refractivity contribution in [3.05, 3.63) is 0 Å². The van der Waals surface area contributed by atoms with Crippen molar-refractivity contribution in [1.82, 2.24) is 0 Å². The largest absolute Gasteiger partial charge is 0.569 e. The Hall–Kier alpha value is 0.320. The number of hydrogen-bond donors (Lipinski definition) is 0. The molecule has 0 aliphatic rings. The smallest absolute Gasteiger partial charge is 0.368 e. The van der Waals surface area contributed by atoms with Gasteiger partial charge in [-0.05, 0) is 52.4 Å². The molecule has 0 aromatic heterocycles. The minimum atomic E-state index is -3.16. The van der Waals surface area contributed by atoms with Crippen LogP contribution in [-0.4, -0.2) is 52.0 Å². The maximum Gasteiger partial charge on any atom is 0.569 e. The van der Waals surface area contributed by atoms with Crippen molar-refractivity contribution in [3.63, 3.8) is 0 Å². The van der Waals surface area contributed by atoms with Gasteiger partial charge in [-0.15, -0.1) is 9.05 Å². The molecule has 0 heterocycles. The maximum absolute atomic E-state index is 6.42. The molecule has 204 valence electrons. The molecule has 12 heteroatoms. The van der Waals surface area contributed by atoms with Crippen molar-refractivity contribution in [2.24, 2.45) is 13.8 Å². The molecule has 0 fully saturated rings. The van der Waals surface area contributed by atoms with E-state index in [-0.39, 0.29) is 5.85 Å². The van der Waals surface area contributed by atoms with Gasteiger partial charge in [-0.25, -0.2) is 0 Å². The molecule has 0 N–H and O–H groups in total. The summed E-state index contributed by atoms with van der Waals surface area (Å²) in [7, 11) is -7.56.